The maximum absolute atomic E-state index is 11.6. The average molecular weight is 230 g/mol. The Bertz CT molecular complexity index is 195. The van der Waals surface area contributed by atoms with Gasteiger partial charge in [0.25, 0.3) is 0 Å². The van der Waals surface area contributed by atoms with Gasteiger partial charge in [0.15, 0.2) is 0 Å². The summed E-state index contributed by atoms with van der Waals surface area (Å²) in [6.45, 7) is 6.81. The monoisotopic (exact) mass is 230 g/mol. The number of hydrogen-bond acceptors (Lipinski definition) is 3. The Morgan fingerprint density at radius 1 is 1.38 bits per heavy atom. The van der Waals surface area contributed by atoms with E-state index in [-0.39, 0.29) is 18.6 Å². The molecular formula is C12H26N2O2. The van der Waals surface area contributed by atoms with Gasteiger partial charge in [-0.05, 0) is 31.2 Å². The Hall–Kier alpha value is -0.610. The summed E-state index contributed by atoms with van der Waals surface area (Å²) in [6.07, 6.45) is 2.11. The molecule has 0 saturated heterocycles. The van der Waals surface area contributed by atoms with Gasteiger partial charge in [0.1, 0.15) is 0 Å². The first kappa shape index (κ1) is 15.4. The lowest BCUT2D eigenvalue weighted by Gasteiger charge is -2.18. The Kier molecular flexibility index (Phi) is 8.21. The highest BCUT2D eigenvalue weighted by Crippen LogP contribution is 2.06. The average Bonchev–Trinajstić information content (AvgIpc) is 2.24. The van der Waals surface area contributed by atoms with E-state index in [1.54, 1.807) is 0 Å². The zero-order chi connectivity index (χ0) is 12.6. The minimum atomic E-state index is -0.110. The normalized spacial score (nSPS) is 14.9. The van der Waals surface area contributed by atoms with E-state index in [1.807, 2.05) is 6.92 Å². The molecule has 0 aromatic heterocycles. The summed E-state index contributed by atoms with van der Waals surface area (Å²) >= 11 is 0. The molecule has 16 heavy (non-hydrogen) atoms. The molecule has 0 radical (unpaired) electrons. The number of carbonyl (C=O) groups excluding carboxylic acids is 1. The van der Waals surface area contributed by atoms with Gasteiger partial charge in [-0.3, -0.25) is 4.79 Å². The van der Waals surface area contributed by atoms with Crippen LogP contribution in [0.3, 0.4) is 0 Å². The highest BCUT2D eigenvalue weighted by molar-refractivity contribution is 5.76. The topological polar surface area (TPSA) is 75.3 Å². The van der Waals surface area contributed by atoms with E-state index in [0.29, 0.717) is 24.8 Å². The van der Waals surface area contributed by atoms with Crippen LogP contribution < -0.4 is 11.1 Å². The van der Waals surface area contributed by atoms with Gasteiger partial charge in [-0.1, -0.05) is 20.8 Å². The first-order chi connectivity index (χ1) is 7.49. The number of rotatable bonds is 8. The molecule has 0 aromatic carbocycles. The van der Waals surface area contributed by atoms with Crippen molar-refractivity contribution in [2.75, 3.05) is 13.2 Å². The second kappa shape index (κ2) is 8.53. The van der Waals surface area contributed by atoms with E-state index in [4.69, 9.17) is 10.8 Å². The van der Waals surface area contributed by atoms with Crippen molar-refractivity contribution >= 4 is 5.91 Å². The smallest absolute Gasteiger partial charge is 0.220 e. The zero-order valence-electron chi connectivity index (χ0n) is 10.7. The number of nitrogens with two attached hydrogens (primary N) is 1. The predicted octanol–water partition coefficient (Wildman–Crippen LogP) is 0.885. The lowest BCUT2D eigenvalue weighted by molar-refractivity contribution is -0.122. The Balaban J connectivity index is 3.82. The number of aliphatic hydroxyl groups excluding tert-OH is 1. The van der Waals surface area contributed by atoms with Crippen molar-refractivity contribution in [2.24, 2.45) is 17.6 Å². The summed E-state index contributed by atoms with van der Waals surface area (Å²) in [5, 5.41) is 12.0. The minimum Gasteiger partial charge on any atom is -0.394 e. The Morgan fingerprint density at radius 3 is 2.44 bits per heavy atom. The summed E-state index contributed by atoms with van der Waals surface area (Å²) < 4.78 is 0. The van der Waals surface area contributed by atoms with Crippen LogP contribution in [0.4, 0.5) is 0 Å². The summed E-state index contributed by atoms with van der Waals surface area (Å²) in [4.78, 5) is 11.6. The molecule has 4 nitrogen and oxygen atoms in total. The number of hydrogen-bond donors (Lipinski definition) is 3. The molecule has 0 aliphatic heterocycles. The van der Waals surface area contributed by atoms with Crippen LogP contribution in [0.1, 0.15) is 40.0 Å². The fourth-order valence-corrected chi connectivity index (χ4v) is 1.54. The first-order valence-corrected chi connectivity index (χ1v) is 6.09. The molecular weight excluding hydrogens is 204 g/mol. The van der Waals surface area contributed by atoms with E-state index in [9.17, 15) is 4.79 Å². The highest BCUT2D eigenvalue weighted by atomic mass is 16.3. The van der Waals surface area contributed by atoms with Crippen LogP contribution in [0.5, 0.6) is 0 Å². The molecule has 0 aliphatic carbocycles. The molecule has 1 amide bonds. The number of aliphatic hydroxyl groups is 1. The molecule has 0 aliphatic rings. The van der Waals surface area contributed by atoms with Crippen LogP contribution in [0.15, 0.2) is 0 Å². The maximum Gasteiger partial charge on any atom is 0.220 e. The molecule has 0 aromatic rings. The third kappa shape index (κ3) is 7.65. The van der Waals surface area contributed by atoms with Crippen molar-refractivity contribution in [3.05, 3.63) is 0 Å². The fourth-order valence-electron chi connectivity index (χ4n) is 1.54. The van der Waals surface area contributed by atoms with E-state index >= 15 is 0 Å². The van der Waals surface area contributed by atoms with Crippen LogP contribution in [-0.2, 0) is 4.79 Å². The van der Waals surface area contributed by atoms with Crippen LogP contribution in [0.25, 0.3) is 0 Å². The molecule has 4 N–H and O–H groups in total. The van der Waals surface area contributed by atoms with Gasteiger partial charge in [-0.15, -0.1) is 0 Å². The van der Waals surface area contributed by atoms with E-state index in [2.05, 4.69) is 19.2 Å². The molecule has 0 rings (SSSR count). The minimum absolute atomic E-state index is 0.0103. The molecule has 0 saturated carbocycles. The van der Waals surface area contributed by atoms with Crippen molar-refractivity contribution in [2.45, 2.75) is 46.1 Å². The van der Waals surface area contributed by atoms with Crippen molar-refractivity contribution in [3.8, 4) is 0 Å². The van der Waals surface area contributed by atoms with Crippen molar-refractivity contribution in [1.29, 1.82) is 0 Å². The molecule has 2 unspecified atom stereocenters. The van der Waals surface area contributed by atoms with Gasteiger partial charge < -0.3 is 16.2 Å². The van der Waals surface area contributed by atoms with Crippen LogP contribution in [0, 0.1) is 11.8 Å². The SMILES string of the molecule is CC(C)CC(CO)NC(=O)CCC(C)CN. The van der Waals surface area contributed by atoms with Gasteiger partial charge in [0.2, 0.25) is 5.91 Å². The third-order valence-electron chi connectivity index (χ3n) is 2.61. The molecule has 0 fully saturated rings. The second-order valence-corrected chi connectivity index (χ2v) is 4.96. The molecule has 2 atom stereocenters. The molecule has 96 valence electrons. The predicted molar refractivity (Wildman–Crippen MR) is 65.9 cm³/mol. The summed E-state index contributed by atoms with van der Waals surface area (Å²) in [6, 6.07) is -0.110. The lowest BCUT2D eigenvalue weighted by atomic mass is 10.0. The zero-order valence-corrected chi connectivity index (χ0v) is 10.7. The maximum atomic E-state index is 11.6. The van der Waals surface area contributed by atoms with E-state index in [0.717, 1.165) is 12.8 Å². The van der Waals surface area contributed by atoms with Crippen LogP contribution >= 0.6 is 0 Å². The lowest BCUT2D eigenvalue weighted by Crippen LogP contribution is -2.38. The largest absolute Gasteiger partial charge is 0.394 e. The van der Waals surface area contributed by atoms with Gasteiger partial charge >= 0.3 is 0 Å². The molecule has 0 bridgehead atoms. The number of nitrogens with one attached hydrogen (secondary N) is 1. The standard InChI is InChI=1S/C12H26N2O2/c1-9(2)6-11(8-15)14-12(16)5-4-10(3)7-13/h9-11,15H,4-8,13H2,1-3H3,(H,14,16). The number of carbonyl (C=O) groups is 1. The Labute approximate surface area is 98.6 Å². The first-order valence-electron chi connectivity index (χ1n) is 6.09. The third-order valence-corrected chi connectivity index (χ3v) is 2.61. The van der Waals surface area contributed by atoms with Crippen molar-refractivity contribution in [1.82, 2.24) is 5.32 Å². The van der Waals surface area contributed by atoms with Crippen molar-refractivity contribution < 1.29 is 9.90 Å². The molecule has 0 heterocycles. The van der Waals surface area contributed by atoms with Gasteiger partial charge in [0.05, 0.1) is 12.6 Å². The van der Waals surface area contributed by atoms with Crippen LogP contribution in [0.2, 0.25) is 0 Å². The number of amides is 1. The van der Waals surface area contributed by atoms with Gasteiger partial charge in [-0.2, -0.15) is 0 Å². The summed E-state index contributed by atoms with van der Waals surface area (Å²) in [5.41, 5.74) is 5.48. The van der Waals surface area contributed by atoms with Crippen molar-refractivity contribution in [3.63, 3.8) is 0 Å². The van der Waals surface area contributed by atoms with Gasteiger partial charge in [-0.25, -0.2) is 0 Å². The van der Waals surface area contributed by atoms with Crippen LogP contribution in [-0.4, -0.2) is 30.2 Å². The summed E-state index contributed by atoms with van der Waals surface area (Å²) in [5.74, 6) is 0.865. The van der Waals surface area contributed by atoms with E-state index in [1.165, 1.54) is 0 Å². The quantitative estimate of drug-likeness (QED) is 0.579. The Morgan fingerprint density at radius 2 is 2.00 bits per heavy atom. The summed E-state index contributed by atoms with van der Waals surface area (Å²) in [7, 11) is 0. The van der Waals surface area contributed by atoms with Gasteiger partial charge in [0, 0.05) is 6.42 Å². The van der Waals surface area contributed by atoms with E-state index < -0.39 is 0 Å². The highest BCUT2D eigenvalue weighted by Gasteiger charge is 2.13. The molecule has 4 heteroatoms. The fraction of sp³-hybridized carbons (Fsp3) is 0.917. The second-order valence-electron chi connectivity index (χ2n) is 4.96. The molecule has 0 spiro atoms.